The Bertz CT molecular complexity index is 540. The van der Waals surface area contributed by atoms with Crippen LogP contribution in [0.15, 0.2) is 11.2 Å². The van der Waals surface area contributed by atoms with Gasteiger partial charge in [0.25, 0.3) is 10.0 Å². The van der Waals surface area contributed by atoms with Crippen molar-refractivity contribution in [3.8, 4) is 0 Å². The van der Waals surface area contributed by atoms with E-state index in [2.05, 4.69) is 22.4 Å². The van der Waals surface area contributed by atoms with Gasteiger partial charge in [-0.05, 0) is 25.8 Å². The van der Waals surface area contributed by atoms with Gasteiger partial charge in [-0.2, -0.15) is 9.40 Å². The Morgan fingerprint density at radius 1 is 1.50 bits per heavy atom. The maximum atomic E-state index is 12.7. The predicted molar refractivity (Wildman–Crippen MR) is 77.7 cm³/mol. The van der Waals surface area contributed by atoms with Crippen LogP contribution in [0.25, 0.3) is 0 Å². The summed E-state index contributed by atoms with van der Waals surface area (Å²) in [5.41, 5.74) is 0.684. The van der Waals surface area contributed by atoms with E-state index in [1.54, 1.807) is 20.3 Å². The Labute approximate surface area is 121 Å². The van der Waals surface area contributed by atoms with Crippen molar-refractivity contribution in [2.24, 2.45) is 5.92 Å². The highest BCUT2D eigenvalue weighted by Crippen LogP contribution is 2.30. The molecule has 0 saturated heterocycles. The van der Waals surface area contributed by atoms with E-state index in [1.807, 2.05) is 0 Å². The monoisotopic (exact) mass is 300 g/mol. The van der Waals surface area contributed by atoms with Crippen molar-refractivity contribution in [3.05, 3.63) is 11.8 Å². The van der Waals surface area contributed by atoms with Gasteiger partial charge in [-0.25, -0.2) is 8.42 Å². The number of hydrogen-bond acceptors (Lipinski definition) is 4. The van der Waals surface area contributed by atoms with Crippen LogP contribution in [-0.4, -0.2) is 43.1 Å². The molecular weight excluding hydrogens is 276 g/mol. The van der Waals surface area contributed by atoms with Crippen LogP contribution in [0.5, 0.6) is 0 Å². The van der Waals surface area contributed by atoms with Crippen molar-refractivity contribution in [2.45, 2.75) is 50.2 Å². The van der Waals surface area contributed by atoms with E-state index in [9.17, 15) is 8.42 Å². The Hall–Kier alpha value is -0.920. The Morgan fingerprint density at radius 3 is 2.90 bits per heavy atom. The molecule has 1 aliphatic carbocycles. The molecule has 0 spiro atoms. The number of aromatic amines is 1. The van der Waals surface area contributed by atoms with Crippen LogP contribution in [0.2, 0.25) is 0 Å². The van der Waals surface area contributed by atoms with Crippen molar-refractivity contribution in [1.82, 2.24) is 19.8 Å². The summed E-state index contributed by atoms with van der Waals surface area (Å²) in [4.78, 5) is 0. The van der Waals surface area contributed by atoms with Gasteiger partial charge in [0.1, 0.15) is 0 Å². The lowest BCUT2D eigenvalue weighted by molar-refractivity contribution is 0.238. The van der Waals surface area contributed by atoms with Crippen LogP contribution in [-0.2, 0) is 16.6 Å². The fourth-order valence-electron chi connectivity index (χ4n) is 2.91. The molecule has 2 unspecified atom stereocenters. The number of nitrogens with one attached hydrogen (secondary N) is 2. The average Bonchev–Trinajstić information content (AvgIpc) is 2.87. The van der Waals surface area contributed by atoms with Gasteiger partial charge in [-0.15, -0.1) is 0 Å². The van der Waals surface area contributed by atoms with Gasteiger partial charge in [-0.3, -0.25) is 5.10 Å². The minimum absolute atomic E-state index is 0.0921. The molecule has 1 fully saturated rings. The fourth-order valence-corrected chi connectivity index (χ4v) is 4.41. The largest absolute Gasteiger partial charge is 0.316 e. The molecule has 1 heterocycles. The zero-order chi connectivity index (χ0) is 14.8. The fraction of sp³-hybridized carbons (Fsp3) is 0.769. The lowest BCUT2D eigenvalue weighted by atomic mass is 9.87. The molecule has 114 valence electrons. The van der Waals surface area contributed by atoms with Crippen molar-refractivity contribution in [2.75, 3.05) is 14.1 Å². The molecule has 0 aromatic carbocycles. The summed E-state index contributed by atoms with van der Waals surface area (Å²) in [7, 11) is -0.0261. The van der Waals surface area contributed by atoms with E-state index < -0.39 is 10.0 Å². The smallest absolute Gasteiger partial charge is 0.260 e. The lowest BCUT2D eigenvalue weighted by Gasteiger charge is -2.33. The molecule has 0 amide bonds. The first kappa shape index (κ1) is 15.5. The number of sulfonamides is 1. The molecule has 1 saturated carbocycles. The molecule has 7 heteroatoms. The minimum Gasteiger partial charge on any atom is -0.316 e. The van der Waals surface area contributed by atoms with Crippen molar-refractivity contribution in [3.63, 3.8) is 0 Å². The number of aromatic nitrogens is 2. The average molecular weight is 300 g/mol. The summed E-state index contributed by atoms with van der Waals surface area (Å²) in [6, 6.07) is 0.0921. The maximum absolute atomic E-state index is 12.7. The third-order valence-corrected chi connectivity index (χ3v) is 6.03. The van der Waals surface area contributed by atoms with Gasteiger partial charge in [-0.1, -0.05) is 19.8 Å². The number of nitrogens with zero attached hydrogens (tertiary/aromatic N) is 2. The molecule has 1 aliphatic rings. The van der Waals surface area contributed by atoms with Gasteiger partial charge in [0, 0.05) is 25.2 Å². The molecular formula is C13H24N4O2S. The van der Waals surface area contributed by atoms with E-state index in [4.69, 9.17) is 0 Å². The second-order valence-electron chi connectivity index (χ2n) is 5.70. The van der Waals surface area contributed by atoms with Crippen molar-refractivity contribution >= 4 is 10.0 Å². The molecule has 2 atom stereocenters. The second-order valence-corrected chi connectivity index (χ2v) is 7.64. The quantitative estimate of drug-likeness (QED) is 0.860. The molecule has 1 aromatic rings. The third-order valence-electron chi connectivity index (χ3n) is 4.11. The van der Waals surface area contributed by atoms with E-state index in [-0.39, 0.29) is 11.1 Å². The first-order valence-corrected chi connectivity index (χ1v) is 8.55. The molecule has 0 bridgehead atoms. The summed E-state index contributed by atoms with van der Waals surface area (Å²) < 4.78 is 27.0. The lowest BCUT2D eigenvalue weighted by Crippen LogP contribution is -2.40. The topological polar surface area (TPSA) is 78.1 Å². The summed E-state index contributed by atoms with van der Waals surface area (Å²) in [6.45, 7) is 2.68. The molecule has 6 nitrogen and oxygen atoms in total. The zero-order valence-electron chi connectivity index (χ0n) is 12.4. The van der Waals surface area contributed by atoms with Gasteiger partial charge < -0.3 is 5.32 Å². The van der Waals surface area contributed by atoms with E-state index >= 15 is 0 Å². The first-order chi connectivity index (χ1) is 9.46. The van der Waals surface area contributed by atoms with Gasteiger partial charge in [0.2, 0.25) is 0 Å². The Kier molecular flexibility index (Phi) is 4.82. The molecule has 0 aliphatic heterocycles. The highest BCUT2D eigenvalue weighted by Gasteiger charge is 2.33. The van der Waals surface area contributed by atoms with Crippen LogP contribution in [0.1, 0.15) is 38.2 Å². The summed E-state index contributed by atoms with van der Waals surface area (Å²) in [5, 5.41) is 9.70. The van der Waals surface area contributed by atoms with Crippen molar-refractivity contribution < 1.29 is 8.42 Å². The summed E-state index contributed by atoms with van der Waals surface area (Å²) >= 11 is 0. The standard InChI is InChI=1S/C13H24N4O2S/c1-10-5-4-6-12(7-10)17(3)20(18,19)13-11(8-14-2)9-15-16-13/h9-10,12,14H,4-8H2,1-3H3,(H,15,16). The SMILES string of the molecule is CNCc1cn[nH]c1S(=O)(=O)N(C)C1CCCC(C)C1. The van der Waals surface area contributed by atoms with Gasteiger partial charge >= 0.3 is 0 Å². The number of H-pyrrole nitrogens is 1. The van der Waals surface area contributed by atoms with Crippen LogP contribution in [0.4, 0.5) is 0 Å². The van der Waals surface area contributed by atoms with Gasteiger partial charge in [0.15, 0.2) is 5.03 Å². The number of rotatable bonds is 5. The number of hydrogen-bond donors (Lipinski definition) is 2. The first-order valence-electron chi connectivity index (χ1n) is 7.11. The van der Waals surface area contributed by atoms with E-state index in [1.165, 1.54) is 10.7 Å². The zero-order valence-corrected chi connectivity index (χ0v) is 13.2. The highest BCUT2D eigenvalue weighted by molar-refractivity contribution is 7.89. The minimum atomic E-state index is -3.50. The molecule has 1 aromatic heterocycles. The van der Waals surface area contributed by atoms with E-state index in [0.717, 1.165) is 19.3 Å². The predicted octanol–water partition coefficient (Wildman–Crippen LogP) is 1.33. The summed E-state index contributed by atoms with van der Waals surface area (Å²) in [5.74, 6) is 0.588. The van der Waals surface area contributed by atoms with Crippen molar-refractivity contribution in [1.29, 1.82) is 0 Å². The van der Waals surface area contributed by atoms with Crippen LogP contribution >= 0.6 is 0 Å². The van der Waals surface area contributed by atoms with Crippen LogP contribution in [0, 0.1) is 5.92 Å². The van der Waals surface area contributed by atoms with Crippen LogP contribution < -0.4 is 5.32 Å². The Morgan fingerprint density at radius 2 is 2.25 bits per heavy atom. The second kappa shape index (κ2) is 6.24. The maximum Gasteiger partial charge on any atom is 0.260 e. The molecule has 0 radical (unpaired) electrons. The third kappa shape index (κ3) is 3.05. The Balaban J connectivity index is 2.22. The van der Waals surface area contributed by atoms with Gasteiger partial charge in [0.05, 0.1) is 6.20 Å². The summed E-state index contributed by atoms with van der Waals surface area (Å²) in [6.07, 6.45) is 5.74. The molecule has 2 rings (SSSR count). The van der Waals surface area contributed by atoms with Crippen LogP contribution in [0.3, 0.4) is 0 Å². The molecule has 2 N–H and O–H groups in total. The van der Waals surface area contributed by atoms with E-state index in [0.29, 0.717) is 18.0 Å². The molecule has 20 heavy (non-hydrogen) atoms. The highest BCUT2D eigenvalue weighted by atomic mass is 32.2. The normalized spacial score (nSPS) is 24.2.